The number of oxime groups is 1. The number of benzene rings is 1. The van der Waals surface area contributed by atoms with Crippen LogP contribution in [0, 0.1) is 5.82 Å². The lowest BCUT2D eigenvalue weighted by atomic mass is 10.1. The Morgan fingerprint density at radius 1 is 1.30 bits per heavy atom. The maximum absolute atomic E-state index is 13.9. The molecule has 1 aliphatic rings. The molecule has 0 saturated carbocycles. The molecule has 110 valence electrons. The number of nitrogens with zero attached hydrogens (tertiary/aromatic N) is 3. The van der Waals surface area contributed by atoms with Gasteiger partial charge in [-0.3, -0.25) is 4.90 Å². The molecular formula is C14H21FN4O. The Labute approximate surface area is 118 Å². The van der Waals surface area contributed by atoms with Crippen molar-refractivity contribution in [2.45, 2.75) is 19.9 Å². The highest BCUT2D eigenvalue weighted by atomic mass is 19.1. The molecule has 0 unspecified atom stereocenters. The number of anilines is 1. The molecule has 3 N–H and O–H groups in total. The van der Waals surface area contributed by atoms with E-state index in [1.54, 1.807) is 6.07 Å². The molecule has 0 bridgehead atoms. The maximum Gasteiger partial charge on any atom is 0.175 e. The number of halogens is 1. The number of piperazine rings is 1. The Bertz CT molecular complexity index is 496. The van der Waals surface area contributed by atoms with Gasteiger partial charge in [0.15, 0.2) is 5.84 Å². The zero-order chi connectivity index (χ0) is 14.7. The summed E-state index contributed by atoms with van der Waals surface area (Å²) in [6, 6.07) is 5.28. The topological polar surface area (TPSA) is 65.1 Å². The number of nitrogens with two attached hydrogens (primary N) is 1. The molecule has 0 spiro atoms. The summed E-state index contributed by atoms with van der Waals surface area (Å²) >= 11 is 0. The summed E-state index contributed by atoms with van der Waals surface area (Å²) in [7, 11) is 0. The van der Waals surface area contributed by atoms with Gasteiger partial charge >= 0.3 is 0 Å². The third-order valence-electron chi connectivity index (χ3n) is 3.74. The number of amidine groups is 1. The first-order valence-corrected chi connectivity index (χ1v) is 6.80. The predicted octanol–water partition coefficient (Wildman–Crippen LogP) is 1.45. The lowest BCUT2D eigenvalue weighted by Crippen LogP contribution is -2.49. The van der Waals surface area contributed by atoms with Crippen LogP contribution in [0.2, 0.25) is 0 Å². The monoisotopic (exact) mass is 280 g/mol. The highest BCUT2D eigenvalue weighted by molar-refractivity contribution is 6.02. The third-order valence-corrected chi connectivity index (χ3v) is 3.74. The zero-order valence-corrected chi connectivity index (χ0v) is 11.9. The highest BCUT2D eigenvalue weighted by Crippen LogP contribution is 2.24. The van der Waals surface area contributed by atoms with Crippen molar-refractivity contribution in [3.8, 4) is 0 Å². The van der Waals surface area contributed by atoms with Gasteiger partial charge in [-0.15, -0.1) is 0 Å². The average molecular weight is 280 g/mol. The summed E-state index contributed by atoms with van der Waals surface area (Å²) in [5, 5.41) is 11.8. The first-order chi connectivity index (χ1) is 9.54. The highest BCUT2D eigenvalue weighted by Gasteiger charge is 2.23. The maximum atomic E-state index is 13.9. The van der Waals surface area contributed by atoms with Crippen molar-refractivity contribution in [1.82, 2.24) is 4.90 Å². The fourth-order valence-electron chi connectivity index (χ4n) is 2.56. The van der Waals surface area contributed by atoms with Crippen molar-refractivity contribution < 1.29 is 9.60 Å². The van der Waals surface area contributed by atoms with E-state index in [-0.39, 0.29) is 11.4 Å². The molecule has 0 radical (unpaired) electrons. The van der Waals surface area contributed by atoms with E-state index < -0.39 is 5.82 Å². The van der Waals surface area contributed by atoms with Crippen molar-refractivity contribution in [2.24, 2.45) is 10.9 Å². The number of rotatable bonds is 3. The van der Waals surface area contributed by atoms with Crippen LogP contribution in [0.5, 0.6) is 0 Å². The van der Waals surface area contributed by atoms with Crippen molar-refractivity contribution in [3.05, 3.63) is 29.6 Å². The standard InChI is InChI=1S/C14H21FN4O/c1-10(2)18-6-8-19(9-7-18)12-5-3-4-11(15)13(12)14(16)17-20/h3-5,10,20H,6-9H2,1-2H3,(H2,16,17). The molecule has 2 rings (SSSR count). The fraction of sp³-hybridized carbons (Fsp3) is 0.500. The SMILES string of the molecule is CC(C)N1CCN(c2cccc(F)c2C(N)=NO)CC1. The Balaban J connectivity index is 2.24. The Morgan fingerprint density at radius 2 is 1.95 bits per heavy atom. The molecule has 0 aliphatic carbocycles. The van der Waals surface area contributed by atoms with Crippen LogP contribution in [0.3, 0.4) is 0 Å². The predicted molar refractivity (Wildman–Crippen MR) is 77.8 cm³/mol. The molecular weight excluding hydrogens is 259 g/mol. The van der Waals surface area contributed by atoms with E-state index in [0.29, 0.717) is 11.7 Å². The zero-order valence-electron chi connectivity index (χ0n) is 11.9. The molecule has 1 heterocycles. The minimum atomic E-state index is -0.468. The largest absolute Gasteiger partial charge is 0.409 e. The summed E-state index contributed by atoms with van der Waals surface area (Å²) < 4.78 is 13.9. The molecule has 1 fully saturated rings. The van der Waals surface area contributed by atoms with Gasteiger partial charge in [0.25, 0.3) is 0 Å². The summed E-state index contributed by atoms with van der Waals surface area (Å²) in [4.78, 5) is 4.45. The summed E-state index contributed by atoms with van der Waals surface area (Å²) in [6.45, 7) is 7.77. The molecule has 5 nitrogen and oxygen atoms in total. The van der Waals surface area contributed by atoms with Gasteiger partial charge in [0.05, 0.1) is 11.3 Å². The fourth-order valence-corrected chi connectivity index (χ4v) is 2.56. The minimum Gasteiger partial charge on any atom is -0.409 e. The van der Waals surface area contributed by atoms with Crippen LogP contribution in [-0.2, 0) is 0 Å². The van der Waals surface area contributed by atoms with Crippen LogP contribution in [0.25, 0.3) is 0 Å². The lowest BCUT2D eigenvalue weighted by molar-refractivity contribution is 0.209. The van der Waals surface area contributed by atoms with Gasteiger partial charge in [0.1, 0.15) is 5.82 Å². The number of hydrogen-bond donors (Lipinski definition) is 2. The van der Waals surface area contributed by atoms with Crippen LogP contribution in [0.15, 0.2) is 23.4 Å². The molecule has 0 atom stereocenters. The number of hydrogen-bond acceptors (Lipinski definition) is 4. The Morgan fingerprint density at radius 3 is 2.50 bits per heavy atom. The van der Waals surface area contributed by atoms with E-state index >= 15 is 0 Å². The first kappa shape index (κ1) is 14.6. The van der Waals surface area contributed by atoms with Gasteiger partial charge < -0.3 is 15.8 Å². The molecule has 6 heteroatoms. The van der Waals surface area contributed by atoms with E-state index in [0.717, 1.165) is 26.2 Å². The van der Waals surface area contributed by atoms with Gasteiger partial charge in [-0.25, -0.2) is 4.39 Å². The lowest BCUT2D eigenvalue weighted by Gasteiger charge is -2.38. The van der Waals surface area contributed by atoms with Crippen LogP contribution in [0.1, 0.15) is 19.4 Å². The third kappa shape index (κ3) is 2.85. The summed E-state index contributed by atoms with van der Waals surface area (Å²) in [5.74, 6) is -0.659. The molecule has 1 saturated heterocycles. The summed E-state index contributed by atoms with van der Waals surface area (Å²) in [6.07, 6.45) is 0. The van der Waals surface area contributed by atoms with Crippen LogP contribution < -0.4 is 10.6 Å². The second-order valence-corrected chi connectivity index (χ2v) is 5.24. The van der Waals surface area contributed by atoms with Gasteiger partial charge in [-0.05, 0) is 26.0 Å². The van der Waals surface area contributed by atoms with Gasteiger partial charge in [0.2, 0.25) is 0 Å². The van der Waals surface area contributed by atoms with Gasteiger partial charge in [-0.2, -0.15) is 0 Å². The van der Waals surface area contributed by atoms with Crippen molar-refractivity contribution in [2.75, 3.05) is 31.1 Å². The minimum absolute atomic E-state index is 0.174. The van der Waals surface area contributed by atoms with E-state index in [1.165, 1.54) is 6.07 Å². The van der Waals surface area contributed by atoms with Crippen molar-refractivity contribution >= 4 is 11.5 Å². The Hall–Kier alpha value is -1.82. The Kier molecular flexibility index (Phi) is 4.44. The van der Waals surface area contributed by atoms with E-state index in [1.807, 2.05) is 6.07 Å². The molecule has 1 aliphatic heterocycles. The summed E-state index contributed by atoms with van der Waals surface area (Å²) in [5.41, 5.74) is 6.46. The molecule has 1 aromatic carbocycles. The second kappa shape index (κ2) is 6.09. The van der Waals surface area contributed by atoms with Crippen molar-refractivity contribution in [3.63, 3.8) is 0 Å². The van der Waals surface area contributed by atoms with Gasteiger partial charge in [-0.1, -0.05) is 11.2 Å². The first-order valence-electron chi connectivity index (χ1n) is 6.80. The van der Waals surface area contributed by atoms with Crippen LogP contribution in [0.4, 0.5) is 10.1 Å². The van der Waals surface area contributed by atoms with E-state index in [4.69, 9.17) is 10.9 Å². The molecule has 0 amide bonds. The van der Waals surface area contributed by atoms with E-state index in [2.05, 4.69) is 28.8 Å². The quantitative estimate of drug-likeness (QED) is 0.381. The average Bonchev–Trinajstić information content (AvgIpc) is 2.46. The molecule has 0 aromatic heterocycles. The van der Waals surface area contributed by atoms with Crippen molar-refractivity contribution in [1.29, 1.82) is 0 Å². The van der Waals surface area contributed by atoms with Crippen LogP contribution in [-0.4, -0.2) is 48.2 Å². The molecule has 20 heavy (non-hydrogen) atoms. The molecule has 1 aromatic rings. The van der Waals surface area contributed by atoms with E-state index in [9.17, 15) is 4.39 Å². The van der Waals surface area contributed by atoms with Crippen LogP contribution >= 0.6 is 0 Å². The second-order valence-electron chi connectivity index (χ2n) is 5.24. The van der Waals surface area contributed by atoms with Gasteiger partial charge in [0, 0.05) is 32.2 Å². The smallest absolute Gasteiger partial charge is 0.175 e. The normalized spacial score (nSPS) is 17.8.